The zero-order valence-electron chi connectivity index (χ0n) is 15.0. The summed E-state index contributed by atoms with van der Waals surface area (Å²) in [4.78, 5) is 19.6. The molecule has 1 aliphatic rings. The first kappa shape index (κ1) is 16.4. The monoisotopic (exact) mass is 424 g/mol. The molecular weight excluding hydrogens is 408 g/mol. The number of hydrogen-bond acceptors (Lipinski definition) is 4. The summed E-state index contributed by atoms with van der Waals surface area (Å²) in [6.45, 7) is 3.14. The minimum Gasteiger partial charge on any atom is -0.332 e. The molecule has 1 amide bonds. The third kappa shape index (κ3) is 2.55. The molecule has 1 aromatic carbocycles. The molecule has 0 N–H and O–H groups in total. The maximum absolute atomic E-state index is 13.3. The number of rotatable bonds is 1. The fourth-order valence-corrected chi connectivity index (χ4v) is 4.15. The molecule has 0 unspecified atom stereocenters. The van der Waals surface area contributed by atoms with E-state index in [1.165, 1.54) is 0 Å². The van der Waals surface area contributed by atoms with Gasteiger partial charge in [-0.25, -0.2) is 9.50 Å². The first-order valence-electron chi connectivity index (χ1n) is 8.76. The van der Waals surface area contributed by atoms with Crippen LogP contribution < -0.4 is 0 Å². The Labute approximate surface area is 163 Å². The number of hydrogen-bond donors (Lipinski definition) is 0. The van der Waals surface area contributed by atoms with Gasteiger partial charge >= 0.3 is 0 Å². The number of aromatic nitrogens is 5. The molecule has 4 aromatic rings. The Morgan fingerprint density at radius 2 is 2.07 bits per heavy atom. The summed E-state index contributed by atoms with van der Waals surface area (Å²) >= 11 is 3.46. The highest BCUT2D eigenvalue weighted by atomic mass is 79.9. The van der Waals surface area contributed by atoms with Crippen LogP contribution in [-0.2, 0) is 20.0 Å². The van der Waals surface area contributed by atoms with Crippen LogP contribution in [0.5, 0.6) is 0 Å². The standard InChI is InChI=1S/C19H17BrN6O/c1-11-7-17-21-9-12-10-25(6-5-16(12)26(17)22-11)19(27)18-14-4-3-13(20)8-15(14)23-24(18)2/h3-4,7-9H,5-6,10H2,1-2H3. The van der Waals surface area contributed by atoms with E-state index in [-0.39, 0.29) is 5.91 Å². The summed E-state index contributed by atoms with van der Waals surface area (Å²) in [6, 6.07) is 7.78. The van der Waals surface area contributed by atoms with Crippen LogP contribution in [0.25, 0.3) is 16.6 Å². The lowest BCUT2D eigenvalue weighted by Crippen LogP contribution is -2.38. The van der Waals surface area contributed by atoms with Crippen LogP contribution in [0.2, 0.25) is 0 Å². The number of carbonyl (C=O) groups excluding carboxylic acids is 1. The predicted molar refractivity (Wildman–Crippen MR) is 105 cm³/mol. The first-order chi connectivity index (χ1) is 13.0. The average molecular weight is 425 g/mol. The molecule has 7 nitrogen and oxygen atoms in total. The summed E-state index contributed by atoms with van der Waals surface area (Å²) < 4.78 is 4.53. The van der Waals surface area contributed by atoms with Crippen molar-refractivity contribution in [1.29, 1.82) is 0 Å². The van der Waals surface area contributed by atoms with Gasteiger partial charge in [-0.15, -0.1) is 0 Å². The molecule has 27 heavy (non-hydrogen) atoms. The predicted octanol–water partition coefficient (Wildman–Crippen LogP) is 2.89. The summed E-state index contributed by atoms with van der Waals surface area (Å²) in [5.41, 5.74) is 5.40. The Kier molecular flexibility index (Phi) is 3.58. The molecular formula is C19H17BrN6O. The fraction of sp³-hybridized carbons (Fsp3) is 0.263. The third-order valence-corrected chi connectivity index (χ3v) is 5.55. The lowest BCUT2D eigenvalue weighted by Gasteiger charge is -2.28. The topological polar surface area (TPSA) is 68.3 Å². The number of carbonyl (C=O) groups is 1. The number of nitrogens with zero attached hydrogens (tertiary/aromatic N) is 6. The van der Waals surface area contributed by atoms with Crippen molar-refractivity contribution in [2.45, 2.75) is 19.9 Å². The van der Waals surface area contributed by atoms with Crippen LogP contribution in [0.4, 0.5) is 0 Å². The van der Waals surface area contributed by atoms with Gasteiger partial charge in [0.25, 0.3) is 5.91 Å². The van der Waals surface area contributed by atoms with Crippen LogP contribution >= 0.6 is 15.9 Å². The van der Waals surface area contributed by atoms with E-state index in [4.69, 9.17) is 0 Å². The van der Waals surface area contributed by atoms with Gasteiger partial charge in [-0.05, 0) is 25.1 Å². The zero-order valence-corrected chi connectivity index (χ0v) is 16.6. The lowest BCUT2D eigenvalue weighted by molar-refractivity contribution is 0.0723. The summed E-state index contributed by atoms with van der Waals surface area (Å²) in [7, 11) is 1.82. The highest BCUT2D eigenvalue weighted by Crippen LogP contribution is 2.26. The van der Waals surface area contributed by atoms with Crippen molar-refractivity contribution in [3.63, 3.8) is 0 Å². The van der Waals surface area contributed by atoms with Gasteiger partial charge in [-0.3, -0.25) is 9.48 Å². The second-order valence-electron chi connectivity index (χ2n) is 6.90. The summed E-state index contributed by atoms with van der Waals surface area (Å²) in [5, 5.41) is 9.90. The lowest BCUT2D eigenvalue weighted by atomic mass is 10.1. The smallest absolute Gasteiger partial charge is 0.273 e. The average Bonchev–Trinajstić information content (AvgIpc) is 3.18. The number of aryl methyl sites for hydroxylation is 2. The maximum atomic E-state index is 13.3. The molecule has 1 aliphatic heterocycles. The van der Waals surface area contributed by atoms with E-state index in [9.17, 15) is 4.79 Å². The second kappa shape index (κ2) is 5.88. The number of benzene rings is 1. The first-order valence-corrected chi connectivity index (χ1v) is 9.55. The highest BCUT2D eigenvalue weighted by Gasteiger charge is 2.27. The van der Waals surface area contributed by atoms with E-state index in [2.05, 4.69) is 31.1 Å². The van der Waals surface area contributed by atoms with Crippen molar-refractivity contribution < 1.29 is 4.79 Å². The minimum atomic E-state index is -0.00952. The van der Waals surface area contributed by atoms with Gasteiger partial charge in [-0.1, -0.05) is 15.9 Å². The van der Waals surface area contributed by atoms with Crippen molar-refractivity contribution in [1.82, 2.24) is 29.3 Å². The van der Waals surface area contributed by atoms with Crippen molar-refractivity contribution in [2.75, 3.05) is 6.54 Å². The third-order valence-electron chi connectivity index (χ3n) is 5.06. The van der Waals surface area contributed by atoms with Gasteiger partial charge in [0, 0.05) is 54.2 Å². The summed E-state index contributed by atoms with van der Waals surface area (Å²) in [6.07, 6.45) is 2.62. The molecule has 8 heteroatoms. The Hall–Kier alpha value is -2.74. The minimum absolute atomic E-state index is 0.00952. The quantitative estimate of drug-likeness (QED) is 0.471. The second-order valence-corrected chi connectivity index (χ2v) is 7.81. The molecule has 0 saturated carbocycles. The molecule has 5 rings (SSSR count). The van der Waals surface area contributed by atoms with E-state index in [0.29, 0.717) is 18.8 Å². The summed E-state index contributed by atoms with van der Waals surface area (Å²) in [5.74, 6) is -0.00952. The van der Waals surface area contributed by atoms with Gasteiger partial charge in [0.15, 0.2) is 5.65 Å². The van der Waals surface area contributed by atoms with E-state index in [1.807, 2.05) is 53.8 Å². The number of halogens is 1. The van der Waals surface area contributed by atoms with Crippen LogP contribution in [0, 0.1) is 6.92 Å². The van der Waals surface area contributed by atoms with Crippen molar-refractivity contribution in [3.8, 4) is 0 Å². The van der Waals surface area contributed by atoms with E-state index >= 15 is 0 Å². The molecule has 0 spiro atoms. The van der Waals surface area contributed by atoms with Crippen LogP contribution in [-0.4, -0.2) is 41.7 Å². The molecule has 3 aromatic heterocycles. The SMILES string of the molecule is Cc1cc2ncc3c(n2n1)CCN(C(=O)c1c2ccc(Br)cc2nn1C)C3. The molecule has 0 saturated heterocycles. The fourth-order valence-electron chi connectivity index (χ4n) is 3.81. The Balaban J connectivity index is 1.53. The van der Waals surface area contributed by atoms with E-state index < -0.39 is 0 Å². The molecule has 0 fully saturated rings. The molecule has 0 aliphatic carbocycles. The zero-order chi connectivity index (χ0) is 18.7. The molecule has 136 valence electrons. The molecule has 0 atom stereocenters. The van der Waals surface area contributed by atoms with Crippen LogP contribution in [0.3, 0.4) is 0 Å². The Morgan fingerprint density at radius 3 is 2.93 bits per heavy atom. The number of amides is 1. The maximum Gasteiger partial charge on any atom is 0.273 e. The normalized spacial score (nSPS) is 14.1. The van der Waals surface area contributed by atoms with Gasteiger partial charge in [0.05, 0.1) is 16.9 Å². The van der Waals surface area contributed by atoms with Gasteiger partial charge in [0.2, 0.25) is 0 Å². The highest BCUT2D eigenvalue weighted by molar-refractivity contribution is 9.10. The van der Waals surface area contributed by atoms with Gasteiger partial charge in [0.1, 0.15) is 5.69 Å². The van der Waals surface area contributed by atoms with Crippen LogP contribution in [0.1, 0.15) is 27.4 Å². The van der Waals surface area contributed by atoms with Crippen molar-refractivity contribution in [3.05, 3.63) is 57.6 Å². The van der Waals surface area contributed by atoms with Crippen molar-refractivity contribution in [2.24, 2.45) is 7.05 Å². The molecule has 4 heterocycles. The number of fused-ring (bicyclic) bond motifs is 4. The van der Waals surface area contributed by atoms with Gasteiger partial charge < -0.3 is 4.90 Å². The van der Waals surface area contributed by atoms with Crippen molar-refractivity contribution >= 4 is 38.4 Å². The molecule has 0 radical (unpaired) electrons. The van der Waals surface area contributed by atoms with E-state index in [0.717, 1.165) is 44.4 Å². The Bertz CT molecular complexity index is 1220. The Morgan fingerprint density at radius 1 is 1.22 bits per heavy atom. The largest absolute Gasteiger partial charge is 0.332 e. The van der Waals surface area contributed by atoms with Gasteiger partial charge in [-0.2, -0.15) is 10.2 Å². The van der Waals surface area contributed by atoms with E-state index in [1.54, 1.807) is 4.68 Å². The molecule has 0 bridgehead atoms. The van der Waals surface area contributed by atoms with Crippen LogP contribution in [0.15, 0.2) is 34.9 Å².